The van der Waals surface area contributed by atoms with Gasteiger partial charge in [-0.15, -0.1) is 0 Å². The number of rotatable bonds is 4. The van der Waals surface area contributed by atoms with E-state index in [1.165, 1.54) is 12.8 Å². The Morgan fingerprint density at radius 1 is 0.762 bits per heavy atom. The Morgan fingerprint density at radius 2 is 1.29 bits per heavy atom. The number of ether oxygens (including phenoxy) is 4. The highest BCUT2D eigenvalue weighted by Gasteiger charge is 2.18. The first-order valence-electron chi connectivity index (χ1n) is 8.12. The van der Waals surface area contributed by atoms with E-state index in [2.05, 4.69) is 20.8 Å². The van der Waals surface area contributed by atoms with Crippen molar-refractivity contribution in [1.82, 2.24) is 0 Å². The fourth-order valence-corrected chi connectivity index (χ4v) is 2.26. The van der Waals surface area contributed by atoms with E-state index < -0.39 is 0 Å². The van der Waals surface area contributed by atoms with Gasteiger partial charge in [0.05, 0.1) is 26.4 Å². The molecule has 0 N–H and O–H groups in total. The molecule has 2 aliphatic rings. The molecule has 0 aromatic carbocycles. The summed E-state index contributed by atoms with van der Waals surface area (Å²) in [5.74, 6) is 1.22. The molecule has 0 saturated carbocycles. The van der Waals surface area contributed by atoms with Crippen molar-refractivity contribution in [3.8, 4) is 0 Å². The topological polar surface area (TPSA) is 36.9 Å². The lowest BCUT2D eigenvalue weighted by molar-refractivity contribution is -0.199. The Balaban J connectivity index is 0.000000364. The Hall–Kier alpha value is -0.160. The van der Waals surface area contributed by atoms with Crippen LogP contribution in [0.1, 0.15) is 60.8 Å². The van der Waals surface area contributed by atoms with Gasteiger partial charge in [-0.2, -0.15) is 0 Å². The molecule has 128 valence electrons. The monoisotopic (exact) mass is 304 g/mol. The van der Waals surface area contributed by atoms with Gasteiger partial charge in [0.15, 0.2) is 12.6 Å². The molecule has 2 saturated heterocycles. The van der Waals surface area contributed by atoms with Gasteiger partial charge in [0.25, 0.3) is 0 Å². The van der Waals surface area contributed by atoms with Gasteiger partial charge < -0.3 is 18.9 Å². The molecule has 0 spiro atoms. The summed E-state index contributed by atoms with van der Waals surface area (Å²) in [6.07, 6.45) is 4.74. The summed E-state index contributed by atoms with van der Waals surface area (Å²) in [6.45, 7) is 11.9. The quantitative estimate of drug-likeness (QED) is 0.779. The van der Waals surface area contributed by atoms with Crippen molar-refractivity contribution < 1.29 is 18.9 Å². The van der Waals surface area contributed by atoms with E-state index in [1.54, 1.807) is 0 Å². The van der Waals surface area contributed by atoms with Gasteiger partial charge in [0, 0.05) is 11.8 Å². The maximum absolute atomic E-state index is 5.41. The Labute approximate surface area is 131 Å². The third kappa shape index (κ3) is 9.46. The van der Waals surface area contributed by atoms with Crippen LogP contribution in [0.2, 0.25) is 0 Å². The number of hydrogen-bond acceptors (Lipinski definition) is 4. The summed E-state index contributed by atoms with van der Waals surface area (Å²) in [7, 11) is 0. The molecule has 2 heterocycles. The molecular formula is C17H36O4. The van der Waals surface area contributed by atoms with Crippen molar-refractivity contribution in [2.75, 3.05) is 26.4 Å². The summed E-state index contributed by atoms with van der Waals surface area (Å²) in [5.41, 5.74) is 0. The second-order valence-electron chi connectivity index (χ2n) is 5.88. The van der Waals surface area contributed by atoms with Gasteiger partial charge in [0.2, 0.25) is 0 Å². The van der Waals surface area contributed by atoms with Crippen LogP contribution in [-0.4, -0.2) is 39.0 Å². The minimum atomic E-state index is 0. The lowest BCUT2D eigenvalue weighted by Crippen LogP contribution is -2.30. The lowest BCUT2D eigenvalue weighted by atomic mass is 10.1. The normalized spacial score (nSPS) is 32.6. The highest BCUT2D eigenvalue weighted by Crippen LogP contribution is 2.15. The zero-order valence-electron chi connectivity index (χ0n) is 13.6. The van der Waals surface area contributed by atoms with Gasteiger partial charge in [-0.3, -0.25) is 0 Å². The molecular weight excluding hydrogens is 268 g/mol. The van der Waals surface area contributed by atoms with Gasteiger partial charge in [-0.1, -0.05) is 41.0 Å². The maximum Gasteiger partial charge on any atom is 0.157 e. The largest absolute Gasteiger partial charge is 0.353 e. The van der Waals surface area contributed by atoms with Crippen LogP contribution in [0.3, 0.4) is 0 Å². The SMILES string of the molecule is C.CCCC1COC(C)OC1.CCCC1OCC(C)CO1. The first-order valence-corrected chi connectivity index (χ1v) is 8.12. The molecule has 0 atom stereocenters. The predicted molar refractivity (Wildman–Crippen MR) is 86.3 cm³/mol. The van der Waals surface area contributed by atoms with Crippen LogP contribution in [-0.2, 0) is 18.9 Å². The fraction of sp³-hybridized carbons (Fsp3) is 1.00. The van der Waals surface area contributed by atoms with Gasteiger partial charge in [0.1, 0.15) is 0 Å². The molecule has 4 nitrogen and oxygen atoms in total. The van der Waals surface area contributed by atoms with Crippen molar-refractivity contribution in [2.45, 2.75) is 73.4 Å². The van der Waals surface area contributed by atoms with Crippen molar-refractivity contribution in [3.63, 3.8) is 0 Å². The molecule has 2 fully saturated rings. The molecule has 21 heavy (non-hydrogen) atoms. The van der Waals surface area contributed by atoms with E-state index in [1.807, 2.05) is 6.92 Å². The molecule has 4 heteroatoms. The summed E-state index contributed by atoms with van der Waals surface area (Å²) < 4.78 is 21.5. The third-order valence-electron chi connectivity index (χ3n) is 3.49. The van der Waals surface area contributed by atoms with Gasteiger partial charge in [-0.25, -0.2) is 0 Å². The third-order valence-corrected chi connectivity index (χ3v) is 3.49. The summed E-state index contributed by atoms with van der Waals surface area (Å²) in [4.78, 5) is 0. The molecule has 2 aliphatic heterocycles. The lowest BCUT2D eigenvalue weighted by Gasteiger charge is -2.26. The second-order valence-corrected chi connectivity index (χ2v) is 5.88. The Bertz CT molecular complexity index is 195. The van der Waals surface area contributed by atoms with E-state index in [0.29, 0.717) is 11.8 Å². The van der Waals surface area contributed by atoms with Crippen LogP contribution in [0.5, 0.6) is 0 Å². The van der Waals surface area contributed by atoms with Crippen LogP contribution in [0.25, 0.3) is 0 Å². The standard InChI is InChI=1S/2C8H16O2.CH4/c1-3-4-8-5-9-7(2)10-6-8;1-3-4-8-9-5-7(2)6-10-8;/h2*7-8H,3-6H2,1-2H3;1H4. The second kappa shape index (κ2) is 12.4. The van der Waals surface area contributed by atoms with E-state index >= 15 is 0 Å². The van der Waals surface area contributed by atoms with Gasteiger partial charge >= 0.3 is 0 Å². The van der Waals surface area contributed by atoms with Crippen LogP contribution < -0.4 is 0 Å². The fourth-order valence-electron chi connectivity index (χ4n) is 2.26. The highest BCUT2D eigenvalue weighted by molar-refractivity contribution is 4.60. The minimum Gasteiger partial charge on any atom is -0.353 e. The Kier molecular flexibility index (Phi) is 12.3. The molecule has 0 amide bonds. The first kappa shape index (κ1) is 20.8. The van der Waals surface area contributed by atoms with Crippen molar-refractivity contribution in [3.05, 3.63) is 0 Å². The van der Waals surface area contributed by atoms with Crippen molar-refractivity contribution in [1.29, 1.82) is 0 Å². The smallest absolute Gasteiger partial charge is 0.157 e. The average Bonchev–Trinajstić information content (AvgIpc) is 2.45. The first-order chi connectivity index (χ1) is 9.65. The van der Waals surface area contributed by atoms with Crippen LogP contribution >= 0.6 is 0 Å². The summed E-state index contributed by atoms with van der Waals surface area (Å²) in [6, 6.07) is 0. The summed E-state index contributed by atoms with van der Waals surface area (Å²) >= 11 is 0. The molecule has 0 bridgehead atoms. The molecule has 0 unspecified atom stereocenters. The van der Waals surface area contributed by atoms with Crippen molar-refractivity contribution in [2.24, 2.45) is 11.8 Å². The maximum atomic E-state index is 5.41. The molecule has 0 radical (unpaired) electrons. The van der Waals surface area contributed by atoms with Gasteiger partial charge in [-0.05, 0) is 19.8 Å². The van der Waals surface area contributed by atoms with E-state index in [9.17, 15) is 0 Å². The Morgan fingerprint density at radius 3 is 1.76 bits per heavy atom. The minimum absolute atomic E-state index is 0. The predicted octanol–water partition coefficient (Wildman–Crippen LogP) is 4.23. The van der Waals surface area contributed by atoms with Crippen LogP contribution in [0.4, 0.5) is 0 Å². The zero-order chi connectivity index (χ0) is 14.8. The van der Waals surface area contributed by atoms with Crippen molar-refractivity contribution >= 4 is 0 Å². The highest BCUT2D eigenvalue weighted by atomic mass is 16.7. The summed E-state index contributed by atoms with van der Waals surface area (Å²) in [5, 5.41) is 0. The molecule has 2 rings (SSSR count). The molecule has 0 aliphatic carbocycles. The zero-order valence-corrected chi connectivity index (χ0v) is 13.6. The van der Waals surface area contributed by atoms with Crippen LogP contribution in [0.15, 0.2) is 0 Å². The molecule has 0 aromatic rings. The van der Waals surface area contributed by atoms with E-state index in [0.717, 1.165) is 39.3 Å². The molecule has 0 aromatic heterocycles. The van der Waals surface area contributed by atoms with Crippen LogP contribution in [0, 0.1) is 11.8 Å². The van der Waals surface area contributed by atoms with E-state index in [-0.39, 0.29) is 20.0 Å². The number of hydrogen-bond donors (Lipinski definition) is 0. The average molecular weight is 304 g/mol. The van der Waals surface area contributed by atoms with E-state index in [4.69, 9.17) is 18.9 Å².